The summed E-state index contributed by atoms with van der Waals surface area (Å²) in [7, 11) is 4.56. The summed E-state index contributed by atoms with van der Waals surface area (Å²) in [6.07, 6.45) is 9.87. The summed E-state index contributed by atoms with van der Waals surface area (Å²) in [6, 6.07) is 2.27. The summed E-state index contributed by atoms with van der Waals surface area (Å²) in [5.74, 6) is 2.69. The van der Waals surface area contributed by atoms with Crippen LogP contribution in [-0.2, 0) is 0 Å². The molecule has 2 saturated carbocycles. The van der Waals surface area contributed by atoms with Gasteiger partial charge in [-0.2, -0.15) is 0 Å². The van der Waals surface area contributed by atoms with Gasteiger partial charge in [0.1, 0.15) is 0 Å². The minimum absolute atomic E-state index is 0.701. The monoisotopic (exact) mass is 280 g/mol. The van der Waals surface area contributed by atoms with E-state index < -0.39 is 0 Å². The van der Waals surface area contributed by atoms with Crippen molar-refractivity contribution in [3.63, 3.8) is 0 Å². The predicted molar refractivity (Wildman–Crippen MR) is 88.0 cm³/mol. The summed E-state index contributed by atoms with van der Waals surface area (Å²) in [4.78, 5) is 2.76. The Labute approximate surface area is 126 Å². The fourth-order valence-electron chi connectivity index (χ4n) is 4.61. The summed E-state index contributed by atoms with van der Waals surface area (Å²) in [6.45, 7) is 7.25. The highest BCUT2D eigenvalue weighted by Gasteiger charge is 2.36. The van der Waals surface area contributed by atoms with Crippen molar-refractivity contribution >= 4 is 0 Å². The molecule has 0 aliphatic heterocycles. The summed E-state index contributed by atoms with van der Waals surface area (Å²) >= 11 is 0. The van der Waals surface area contributed by atoms with Gasteiger partial charge in [0.15, 0.2) is 0 Å². The molecule has 0 saturated heterocycles. The quantitative estimate of drug-likeness (QED) is 0.840. The zero-order chi connectivity index (χ0) is 14.7. The van der Waals surface area contributed by atoms with Crippen LogP contribution in [0.4, 0.5) is 0 Å². The fourth-order valence-corrected chi connectivity index (χ4v) is 4.61. The van der Waals surface area contributed by atoms with E-state index in [4.69, 9.17) is 0 Å². The molecule has 0 radical (unpaired) electrons. The van der Waals surface area contributed by atoms with E-state index in [2.05, 4.69) is 45.1 Å². The second-order valence-corrected chi connectivity index (χ2v) is 7.87. The van der Waals surface area contributed by atoms with Crippen molar-refractivity contribution in [3.8, 4) is 0 Å². The van der Waals surface area contributed by atoms with Gasteiger partial charge >= 0.3 is 0 Å². The molecule has 0 aromatic heterocycles. The van der Waals surface area contributed by atoms with Gasteiger partial charge in [0.2, 0.25) is 0 Å². The van der Waals surface area contributed by atoms with Crippen LogP contribution in [0.5, 0.6) is 0 Å². The highest BCUT2D eigenvalue weighted by molar-refractivity contribution is 4.93. The third-order valence-corrected chi connectivity index (χ3v) is 6.18. The Kier molecular flexibility index (Phi) is 5.92. The number of hydrogen-bond acceptors (Lipinski definition) is 2. The summed E-state index contributed by atoms with van der Waals surface area (Å²) < 4.78 is 0. The first kappa shape index (κ1) is 16.3. The molecule has 5 unspecified atom stereocenters. The van der Waals surface area contributed by atoms with Crippen molar-refractivity contribution in [2.24, 2.45) is 17.8 Å². The van der Waals surface area contributed by atoms with Gasteiger partial charge in [-0.25, -0.2) is 0 Å². The maximum absolute atomic E-state index is 3.60. The first-order valence-electron chi connectivity index (χ1n) is 8.92. The van der Waals surface area contributed by atoms with Gasteiger partial charge in [0.05, 0.1) is 0 Å². The lowest BCUT2D eigenvalue weighted by Gasteiger charge is -2.46. The molecule has 2 fully saturated rings. The van der Waals surface area contributed by atoms with Gasteiger partial charge in [0, 0.05) is 18.1 Å². The first-order chi connectivity index (χ1) is 9.52. The molecule has 118 valence electrons. The van der Waals surface area contributed by atoms with E-state index >= 15 is 0 Å². The molecule has 2 aliphatic carbocycles. The molecule has 20 heavy (non-hydrogen) atoms. The smallest absolute Gasteiger partial charge is 0.0251 e. The van der Waals surface area contributed by atoms with E-state index in [1.54, 1.807) is 0 Å². The van der Waals surface area contributed by atoms with Gasteiger partial charge in [-0.1, -0.05) is 33.6 Å². The topological polar surface area (TPSA) is 15.3 Å². The lowest BCUT2D eigenvalue weighted by molar-refractivity contribution is 0.0515. The lowest BCUT2D eigenvalue weighted by Crippen LogP contribution is -2.55. The van der Waals surface area contributed by atoms with Crippen LogP contribution in [0.3, 0.4) is 0 Å². The number of likely N-dealkylation sites (N-methyl/N-ethyl adjacent to an activating group) is 2. The number of rotatable bonds is 4. The maximum atomic E-state index is 3.60. The van der Waals surface area contributed by atoms with E-state index in [-0.39, 0.29) is 0 Å². The van der Waals surface area contributed by atoms with Crippen LogP contribution < -0.4 is 5.32 Å². The molecule has 0 heterocycles. The molecule has 0 bridgehead atoms. The van der Waals surface area contributed by atoms with Gasteiger partial charge in [-0.15, -0.1) is 0 Å². The van der Waals surface area contributed by atoms with E-state index in [0.29, 0.717) is 6.04 Å². The van der Waals surface area contributed by atoms with Crippen LogP contribution in [0.25, 0.3) is 0 Å². The molecular formula is C18H36N2. The molecule has 2 heteroatoms. The van der Waals surface area contributed by atoms with Gasteiger partial charge in [0.25, 0.3) is 0 Å². The summed E-state index contributed by atoms with van der Waals surface area (Å²) in [5, 5.41) is 3.60. The largest absolute Gasteiger partial charge is 0.315 e. The normalized spacial score (nSPS) is 39.5. The van der Waals surface area contributed by atoms with E-state index in [1.807, 2.05) is 0 Å². The number of nitrogens with one attached hydrogen (secondary N) is 1. The predicted octanol–water partition coefficient (Wildman–Crippen LogP) is 3.91. The summed E-state index contributed by atoms with van der Waals surface area (Å²) in [5.41, 5.74) is 0. The Morgan fingerprint density at radius 3 is 2.40 bits per heavy atom. The van der Waals surface area contributed by atoms with Crippen molar-refractivity contribution in [3.05, 3.63) is 0 Å². The third kappa shape index (κ3) is 3.76. The zero-order valence-electron chi connectivity index (χ0n) is 14.4. The molecule has 2 rings (SSSR count). The first-order valence-corrected chi connectivity index (χ1v) is 8.92. The Bertz CT molecular complexity index is 289. The van der Waals surface area contributed by atoms with Crippen LogP contribution in [0.15, 0.2) is 0 Å². The van der Waals surface area contributed by atoms with Gasteiger partial charge < -0.3 is 5.32 Å². The van der Waals surface area contributed by atoms with Crippen LogP contribution >= 0.6 is 0 Å². The standard InChI is InChI=1S/C18H36N2/c1-13(2)15-9-10-17(19-4)18(12-15)20(5)16-8-6-7-14(3)11-16/h13-19H,6-12H2,1-5H3. The molecule has 1 N–H and O–H groups in total. The Balaban J connectivity index is 2.01. The van der Waals surface area contributed by atoms with E-state index in [1.165, 1.54) is 44.9 Å². The number of hydrogen-bond donors (Lipinski definition) is 1. The third-order valence-electron chi connectivity index (χ3n) is 6.18. The highest BCUT2D eigenvalue weighted by Crippen LogP contribution is 2.35. The Morgan fingerprint density at radius 2 is 1.80 bits per heavy atom. The minimum Gasteiger partial charge on any atom is -0.315 e. The zero-order valence-corrected chi connectivity index (χ0v) is 14.4. The Hall–Kier alpha value is -0.0800. The second kappa shape index (κ2) is 7.26. The van der Waals surface area contributed by atoms with Crippen molar-refractivity contribution in [1.82, 2.24) is 10.2 Å². The molecule has 0 amide bonds. The molecule has 2 nitrogen and oxygen atoms in total. The highest BCUT2D eigenvalue weighted by atomic mass is 15.2. The molecule has 0 aromatic rings. The van der Waals surface area contributed by atoms with Crippen molar-refractivity contribution < 1.29 is 0 Å². The van der Waals surface area contributed by atoms with Crippen LogP contribution in [0, 0.1) is 17.8 Å². The average molecular weight is 280 g/mol. The molecular weight excluding hydrogens is 244 g/mol. The van der Waals surface area contributed by atoms with Gasteiger partial charge in [-0.3, -0.25) is 4.90 Å². The van der Waals surface area contributed by atoms with Crippen LogP contribution in [0.1, 0.15) is 65.7 Å². The second-order valence-electron chi connectivity index (χ2n) is 7.87. The average Bonchev–Trinajstić information content (AvgIpc) is 2.45. The van der Waals surface area contributed by atoms with E-state index in [0.717, 1.165) is 29.8 Å². The van der Waals surface area contributed by atoms with Crippen molar-refractivity contribution in [2.75, 3.05) is 14.1 Å². The molecule has 5 atom stereocenters. The van der Waals surface area contributed by atoms with Gasteiger partial charge in [-0.05, 0) is 64.0 Å². The molecule has 0 spiro atoms. The maximum Gasteiger partial charge on any atom is 0.0251 e. The minimum atomic E-state index is 0.701. The fraction of sp³-hybridized carbons (Fsp3) is 1.00. The van der Waals surface area contributed by atoms with Crippen molar-refractivity contribution in [1.29, 1.82) is 0 Å². The van der Waals surface area contributed by atoms with E-state index in [9.17, 15) is 0 Å². The van der Waals surface area contributed by atoms with Crippen LogP contribution in [-0.4, -0.2) is 37.1 Å². The van der Waals surface area contributed by atoms with Crippen LogP contribution in [0.2, 0.25) is 0 Å². The molecule has 0 aromatic carbocycles. The van der Waals surface area contributed by atoms with Crippen molar-refractivity contribution in [2.45, 2.75) is 83.8 Å². The molecule has 2 aliphatic rings. The number of nitrogens with zero attached hydrogens (tertiary/aromatic N) is 1. The Morgan fingerprint density at radius 1 is 1.05 bits per heavy atom. The lowest BCUT2D eigenvalue weighted by atomic mass is 9.75. The SMILES string of the molecule is CNC1CCC(C(C)C)CC1N(C)C1CCCC(C)C1.